The van der Waals surface area contributed by atoms with Gasteiger partial charge in [-0.2, -0.15) is 0 Å². The van der Waals surface area contributed by atoms with Crippen molar-refractivity contribution in [3.8, 4) is 0 Å². The van der Waals surface area contributed by atoms with Gasteiger partial charge in [-0.05, 0) is 23.9 Å². The van der Waals surface area contributed by atoms with Gasteiger partial charge >= 0.3 is 0 Å². The molecule has 0 N–H and O–H groups in total. The Hall–Kier alpha value is -1.65. The number of fused-ring (bicyclic) bond motifs is 1. The van der Waals surface area contributed by atoms with E-state index in [4.69, 9.17) is 4.74 Å². The minimum atomic E-state index is 0.0806. The van der Waals surface area contributed by atoms with Crippen LogP contribution in [0.3, 0.4) is 0 Å². The zero-order valence-corrected chi connectivity index (χ0v) is 11.5. The zero-order chi connectivity index (χ0) is 13.2. The molecule has 1 atom stereocenters. The van der Waals surface area contributed by atoms with Crippen LogP contribution in [0, 0.1) is 0 Å². The van der Waals surface area contributed by atoms with E-state index in [1.54, 1.807) is 7.11 Å². The Labute approximate surface area is 116 Å². The maximum Gasteiger partial charge on any atom is 0.268 e. The Bertz CT molecular complexity index is 580. The predicted molar refractivity (Wildman–Crippen MR) is 76.8 cm³/mol. The monoisotopic (exact) mass is 273 g/mol. The van der Waals surface area contributed by atoms with E-state index in [-0.39, 0.29) is 12.0 Å². The Kier molecular flexibility index (Phi) is 3.36. The minimum absolute atomic E-state index is 0.0806. The molecular formula is C15H15NO2S. The lowest BCUT2D eigenvalue weighted by atomic mass is 9.98. The first-order valence-corrected chi connectivity index (χ1v) is 7.16. The summed E-state index contributed by atoms with van der Waals surface area (Å²) in [7, 11) is 1.72. The molecule has 3 rings (SSSR count). The number of benzene rings is 1. The molecule has 1 aromatic carbocycles. The Morgan fingerprint density at radius 3 is 2.89 bits per heavy atom. The van der Waals surface area contributed by atoms with Crippen LogP contribution < -0.4 is 4.90 Å². The Balaban J connectivity index is 1.98. The van der Waals surface area contributed by atoms with E-state index in [0.717, 1.165) is 22.5 Å². The number of nitrogens with zero attached hydrogens (tertiary/aromatic N) is 1. The summed E-state index contributed by atoms with van der Waals surface area (Å²) in [5.74, 6) is 0.0806. The molecule has 0 radical (unpaired) electrons. The number of amides is 1. The highest BCUT2D eigenvalue weighted by molar-refractivity contribution is 7.12. The summed E-state index contributed by atoms with van der Waals surface area (Å²) >= 11 is 1.48. The quantitative estimate of drug-likeness (QED) is 0.838. The molecular weight excluding hydrogens is 258 g/mol. The second kappa shape index (κ2) is 5.15. The van der Waals surface area contributed by atoms with Gasteiger partial charge in [0, 0.05) is 24.9 Å². The van der Waals surface area contributed by atoms with Gasteiger partial charge in [0.1, 0.15) is 0 Å². The number of carbonyl (C=O) groups is 1. The zero-order valence-electron chi connectivity index (χ0n) is 10.7. The molecule has 0 bridgehead atoms. The molecule has 2 heterocycles. The van der Waals surface area contributed by atoms with Crippen molar-refractivity contribution < 1.29 is 9.53 Å². The van der Waals surface area contributed by atoms with Crippen LogP contribution in [0.1, 0.15) is 27.8 Å². The molecule has 1 unspecified atom stereocenters. The topological polar surface area (TPSA) is 29.5 Å². The number of hydrogen-bond acceptors (Lipinski definition) is 3. The SMILES string of the molecule is COC1CCN(C(=O)c2cccs2)c2ccccc21. The number of ether oxygens (including phenoxy) is 1. The number of anilines is 1. The first kappa shape index (κ1) is 12.4. The van der Waals surface area contributed by atoms with E-state index < -0.39 is 0 Å². The Morgan fingerprint density at radius 1 is 1.32 bits per heavy atom. The molecule has 4 heteroatoms. The fourth-order valence-corrected chi connectivity index (χ4v) is 3.19. The van der Waals surface area contributed by atoms with Crippen LogP contribution in [-0.4, -0.2) is 19.6 Å². The van der Waals surface area contributed by atoms with Crippen molar-refractivity contribution in [3.05, 3.63) is 52.2 Å². The normalized spacial score (nSPS) is 18.2. The third kappa shape index (κ3) is 2.17. The van der Waals surface area contributed by atoms with Gasteiger partial charge in [0.25, 0.3) is 5.91 Å². The van der Waals surface area contributed by atoms with Crippen LogP contribution in [-0.2, 0) is 4.74 Å². The van der Waals surface area contributed by atoms with Gasteiger partial charge in [-0.15, -0.1) is 11.3 Å². The van der Waals surface area contributed by atoms with Gasteiger partial charge in [-0.25, -0.2) is 0 Å². The summed E-state index contributed by atoms with van der Waals surface area (Å²) < 4.78 is 5.50. The molecule has 98 valence electrons. The van der Waals surface area contributed by atoms with E-state index in [1.807, 2.05) is 46.7 Å². The molecule has 19 heavy (non-hydrogen) atoms. The molecule has 0 spiro atoms. The van der Waals surface area contributed by atoms with Crippen LogP contribution in [0.15, 0.2) is 41.8 Å². The molecule has 2 aromatic rings. The first-order chi connectivity index (χ1) is 9.31. The molecule has 0 saturated heterocycles. The molecule has 1 amide bonds. The summed E-state index contributed by atoms with van der Waals surface area (Å²) in [6.07, 6.45) is 0.925. The summed E-state index contributed by atoms with van der Waals surface area (Å²) in [4.78, 5) is 15.2. The van der Waals surface area contributed by atoms with E-state index >= 15 is 0 Å². The van der Waals surface area contributed by atoms with Crippen molar-refractivity contribution in [2.75, 3.05) is 18.6 Å². The largest absolute Gasteiger partial charge is 0.377 e. The van der Waals surface area contributed by atoms with Gasteiger partial charge in [0.05, 0.1) is 11.0 Å². The first-order valence-electron chi connectivity index (χ1n) is 6.28. The summed E-state index contributed by atoms with van der Waals surface area (Å²) in [6.45, 7) is 0.701. The molecule has 1 aromatic heterocycles. The molecule has 1 aliphatic heterocycles. The van der Waals surface area contributed by atoms with Gasteiger partial charge in [-0.3, -0.25) is 4.79 Å². The van der Waals surface area contributed by atoms with Gasteiger partial charge < -0.3 is 9.64 Å². The van der Waals surface area contributed by atoms with Gasteiger partial charge in [0.15, 0.2) is 0 Å². The smallest absolute Gasteiger partial charge is 0.268 e. The van der Waals surface area contributed by atoms with Crippen LogP contribution >= 0.6 is 11.3 Å². The maximum absolute atomic E-state index is 12.5. The lowest BCUT2D eigenvalue weighted by molar-refractivity contribution is 0.0870. The van der Waals surface area contributed by atoms with Crippen molar-refractivity contribution in [2.24, 2.45) is 0 Å². The van der Waals surface area contributed by atoms with Crippen LogP contribution in [0.5, 0.6) is 0 Å². The van der Waals surface area contributed by atoms with Crippen molar-refractivity contribution in [3.63, 3.8) is 0 Å². The standard InChI is InChI=1S/C15H15NO2S/c1-18-13-8-9-16(12-6-3-2-5-11(12)13)15(17)14-7-4-10-19-14/h2-7,10,13H,8-9H2,1H3. The second-order valence-electron chi connectivity index (χ2n) is 4.51. The third-order valence-corrected chi connectivity index (χ3v) is 4.31. The molecule has 0 aliphatic carbocycles. The van der Waals surface area contributed by atoms with Gasteiger partial charge in [-0.1, -0.05) is 24.3 Å². The third-order valence-electron chi connectivity index (χ3n) is 3.45. The van der Waals surface area contributed by atoms with Crippen molar-refractivity contribution in [1.82, 2.24) is 0 Å². The number of carbonyl (C=O) groups excluding carboxylic acids is 1. The second-order valence-corrected chi connectivity index (χ2v) is 5.45. The fraction of sp³-hybridized carbons (Fsp3) is 0.267. The number of para-hydroxylation sites is 1. The summed E-state index contributed by atoms with van der Waals surface area (Å²) in [6, 6.07) is 11.8. The van der Waals surface area contributed by atoms with Crippen molar-refractivity contribution in [1.29, 1.82) is 0 Å². The number of methoxy groups -OCH3 is 1. The number of rotatable bonds is 2. The van der Waals surface area contributed by atoms with E-state index in [1.165, 1.54) is 11.3 Å². The van der Waals surface area contributed by atoms with Crippen molar-refractivity contribution >= 4 is 22.9 Å². The lowest BCUT2D eigenvalue weighted by Crippen LogP contribution is -2.36. The lowest BCUT2D eigenvalue weighted by Gasteiger charge is -2.33. The molecule has 1 aliphatic rings. The summed E-state index contributed by atoms with van der Waals surface area (Å²) in [5.41, 5.74) is 2.07. The number of hydrogen-bond donors (Lipinski definition) is 0. The van der Waals surface area contributed by atoms with Crippen LogP contribution in [0.4, 0.5) is 5.69 Å². The number of thiophene rings is 1. The highest BCUT2D eigenvalue weighted by atomic mass is 32.1. The van der Waals surface area contributed by atoms with Crippen molar-refractivity contribution in [2.45, 2.75) is 12.5 Å². The Morgan fingerprint density at radius 2 is 2.16 bits per heavy atom. The molecule has 3 nitrogen and oxygen atoms in total. The average Bonchev–Trinajstić information content (AvgIpc) is 2.99. The molecule has 0 saturated carbocycles. The average molecular weight is 273 g/mol. The maximum atomic E-state index is 12.5. The highest BCUT2D eigenvalue weighted by Gasteiger charge is 2.29. The van der Waals surface area contributed by atoms with E-state index in [9.17, 15) is 4.79 Å². The fourth-order valence-electron chi connectivity index (χ4n) is 2.52. The van der Waals surface area contributed by atoms with Crippen LogP contribution in [0.25, 0.3) is 0 Å². The minimum Gasteiger partial charge on any atom is -0.377 e. The van der Waals surface area contributed by atoms with E-state index in [0.29, 0.717) is 6.54 Å². The van der Waals surface area contributed by atoms with Gasteiger partial charge in [0.2, 0.25) is 0 Å². The van der Waals surface area contributed by atoms with E-state index in [2.05, 4.69) is 0 Å². The van der Waals surface area contributed by atoms with Crippen LogP contribution in [0.2, 0.25) is 0 Å². The highest BCUT2D eigenvalue weighted by Crippen LogP contribution is 2.36. The molecule has 0 fully saturated rings. The summed E-state index contributed by atoms with van der Waals surface area (Å²) in [5, 5.41) is 1.93. The predicted octanol–water partition coefficient (Wildman–Crippen LogP) is 3.49.